The van der Waals surface area contributed by atoms with E-state index in [-0.39, 0.29) is 24.0 Å². The lowest BCUT2D eigenvalue weighted by Gasteiger charge is -2.18. The average Bonchev–Trinajstić information content (AvgIpc) is 2.57. The van der Waals surface area contributed by atoms with Crippen LogP contribution in [-0.4, -0.2) is 31.6 Å². The lowest BCUT2D eigenvalue weighted by molar-refractivity contribution is 0.397. The molecule has 1 heterocycles. The van der Waals surface area contributed by atoms with Crippen molar-refractivity contribution in [1.29, 1.82) is 0 Å². The van der Waals surface area contributed by atoms with E-state index in [0.29, 0.717) is 18.3 Å². The maximum absolute atomic E-state index is 5.13. The third kappa shape index (κ3) is 8.98. The van der Waals surface area contributed by atoms with Crippen molar-refractivity contribution < 1.29 is 4.74 Å². The standard InChI is InChI=1S/C17H30N4O.HI/c1-5-7-8-14(6-2)12-20-17(18-3)21-13-15-9-10-19-16(11-15)22-4;/h9-11,14H,5-8,12-13H2,1-4H3,(H2,18,20,21);1H. The summed E-state index contributed by atoms with van der Waals surface area (Å²) in [5, 5.41) is 6.75. The van der Waals surface area contributed by atoms with Gasteiger partial charge < -0.3 is 15.4 Å². The van der Waals surface area contributed by atoms with Gasteiger partial charge >= 0.3 is 0 Å². The van der Waals surface area contributed by atoms with Crippen molar-refractivity contribution in [3.63, 3.8) is 0 Å². The van der Waals surface area contributed by atoms with Crippen LogP contribution in [0.1, 0.15) is 45.1 Å². The van der Waals surface area contributed by atoms with Gasteiger partial charge in [-0.2, -0.15) is 0 Å². The number of ether oxygens (including phenoxy) is 1. The molecule has 0 bridgehead atoms. The van der Waals surface area contributed by atoms with Crippen LogP contribution in [0.4, 0.5) is 0 Å². The highest BCUT2D eigenvalue weighted by Crippen LogP contribution is 2.11. The van der Waals surface area contributed by atoms with Crippen molar-refractivity contribution in [3.8, 4) is 5.88 Å². The molecule has 0 radical (unpaired) electrons. The number of hydrogen-bond acceptors (Lipinski definition) is 3. The zero-order chi connectivity index (χ0) is 16.2. The first kappa shape index (κ1) is 21.9. The molecule has 0 saturated carbocycles. The highest BCUT2D eigenvalue weighted by molar-refractivity contribution is 14.0. The summed E-state index contributed by atoms with van der Waals surface area (Å²) in [6.45, 7) is 6.16. The van der Waals surface area contributed by atoms with Gasteiger partial charge in [-0.1, -0.05) is 33.1 Å². The van der Waals surface area contributed by atoms with Crippen LogP contribution in [0.2, 0.25) is 0 Å². The van der Waals surface area contributed by atoms with Crippen LogP contribution < -0.4 is 15.4 Å². The average molecular weight is 434 g/mol. The van der Waals surface area contributed by atoms with Crippen molar-refractivity contribution in [2.24, 2.45) is 10.9 Å². The third-order valence-electron chi connectivity index (χ3n) is 3.79. The summed E-state index contributed by atoms with van der Waals surface area (Å²) in [6, 6.07) is 3.90. The lowest BCUT2D eigenvalue weighted by Crippen LogP contribution is -2.39. The molecule has 0 aliphatic rings. The Morgan fingerprint density at radius 2 is 2.13 bits per heavy atom. The molecule has 0 spiro atoms. The molecule has 6 heteroatoms. The molecule has 0 aromatic carbocycles. The van der Waals surface area contributed by atoms with Gasteiger partial charge in [-0.05, 0) is 24.0 Å². The quantitative estimate of drug-likeness (QED) is 0.354. The van der Waals surface area contributed by atoms with Gasteiger partial charge in [0.1, 0.15) is 0 Å². The fourth-order valence-electron chi connectivity index (χ4n) is 2.26. The lowest BCUT2D eigenvalue weighted by atomic mass is 9.99. The minimum Gasteiger partial charge on any atom is -0.481 e. The van der Waals surface area contributed by atoms with Crippen LogP contribution in [0, 0.1) is 5.92 Å². The number of halogens is 1. The second-order valence-corrected chi connectivity index (χ2v) is 5.43. The van der Waals surface area contributed by atoms with Gasteiger partial charge in [0, 0.05) is 32.4 Å². The normalized spacial score (nSPS) is 12.3. The Balaban J connectivity index is 0.00000484. The van der Waals surface area contributed by atoms with E-state index in [0.717, 1.165) is 18.1 Å². The summed E-state index contributed by atoms with van der Waals surface area (Å²) in [6.07, 6.45) is 6.78. The number of aliphatic imine (C=N–C) groups is 1. The van der Waals surface area contributed by atoms with E-state index in [1.165, 1.54) is 25.7 Å². The van der Waals surface area contributed by atoms with Crippen molar-refractivity contribution in [2.75, 3.05) is 20.7 Å². The monoisotopic (exact) mass is 434 g/mol. The number of unbranched alkanes of at least 4 members (excludes halogenated alkanes) is 1. The fourth-order valence-corrected chi connectivity index (χ4v) is 2.26. The van der Waals surface area contributed by atoms with E-state index in [2.05, 4.69) is 34.5 Å². The predicted octanol–water partition coefficient (Wildman–Crippen LogP) is 3.59. The van der Waals surface area contributed by atoms with E-state index in [4.69, 9.17) is 4.74 Å². The van der Waals surface area contributed by atoms with Crippen LogP contribution in [0.3, 0.4) is 0 Å². The molecule has 2 N–H and O–H groups in total. The largest absolute Gasteiger partial charge is 0.481 e. The van der Waals surface area contributed by atoms with Crippen molar-refractivity contribution in [1.82, 2.24) is 15.6 Å². The van der Waals surface area contributed by atoms with E-state index in [9.17, 15) is 0 Å². The highest BCUT2D eigenvalue weighted by Gasteiger charge is 2.07. The molecule has 1 unspecified atom stereocenters. The molecule has 1 atom stereocenters. The molecule has 0 aliphatic heterocycles. The van der Waals surface area contributed by atoms with Crippen LogP contribution in [0.5, 0.6) is 5.88 Å². The molecule has 1 aromatic heterocycles. The van der Waals surface area contributed by atoms with Gasteiger partial charge in [0.2, 0.25) is 5.88 Å². The summed E-state index contributed by atoms with van der Waals surface area (Å²) in [7, 11) is 3.43. The summed E-state index contributed by atoms with van der Waals surface area (Å²) < 4.78 is 5.13. The molecular formula is C17H31IN4O. The zero-order valence-corrected chi connectivity index (χ0v) is 17.1. The molecule has 1 rings (SSSR count). The first-order valence-corrected chi connectivity index (χ1v) is 8.16. The Kier molecular flexibility index (Phi) is 12.8. The van der Waals surface area contributed by atoms with E-state index >= 15 is 0 Å². The molecule has 0 fully saturated rings. The Morgan fingerprint density at radius 1 is 1.35 bits per heavy atom. The maximum atomic E-state index is 5.13. The first-order valence-electron chi connectivity index (χ1n) is 8.16. The zero-order valence-electron chi connectivity index (χ0n) is 14.8. The number of pyridine rings is 1. The molecule has 5 nitrogen and oxygen atoms in total. The summed E-state index contributed by atoms with van der Waals surface area (Å²) >= 11 is 0. The number of guanidine groups is 1. The molecule has 0 saturated heterocycles. The van der Waals surface area contributed by atoms with Crippen molar-refractivity contribution >= 4 is 29.9 Å². The van der Waals surface area contributed by atoms with Gasteiger partial charge in [-0.3, -0.25) is 4.99 Å². The SMILES string of the molecule is CCCCC(CC)CNC(=NC)NCc1ccnc(OC)c1.I. The Hall–Kier alpha value is -1.05. The van der Waals surface area contributed by atoms with Gasteiger partial charge in [-0.15, -0.1) is 24.0 Å². The maximum Gasteiger partial charge on any atom is 0.213 e. The van der Waals surface area contributed by atoms with Crippen LogP contribution in [0.25, 0.3) is 0 Å². The smallest absolute Gasteiger partial charge is 0.213 e. The van der Waals surface area contributed by atoms with Gasteiger partial charge in [0.05, 0.1) is 7.11 Å². The topological polar surface area (TPSA) is 58.5 Å². The molecule has 0 aliphatic carbocycles. The second-order valence-electron chi connectivity index (χ2n) is 5.43. The predicted molar refractivity (Wildman–Crippen MR) is 108 cm³/mol. The van der Waals surface area contributed by atoms with Crippen molar-refractivity contribution in [3.05, 3.63) is 23.9 Å². The molecule has 23 heavy (non-hydrogen) atoms. The first-order chi connectivity index (χ1) is 10.7. The van der Waals surface area contributed by atoms with E-state index in [1.807, 2.05) is 12.1 Å². The molecule has 1 aromatic rings. The number of nitrogens with zero attached hydrogens (tertiary/aromatic N) is 2. The molecular weight excluding hydrogens is 403 g/mol. The Labute approximate surface area is 157 Å². The molecule has 0 amide bonds. The third-order valence-corrected chi connectivity index (χ3v) is 3.79. The van der Waals surface area contributed by atoms with Gasteiger partial charge in [-0.25, -0.2) is 4.98 Å². The van der Waals surface area contributed by atoms with Crippen molar-refractivity contribution in [2.45, 2.75) is 46.1 Å². The van der Waals surface area contributed by atoms with Crippen LogP contribution >= 0.6 is 24.0 Å². The number of methoxy groups -OCH3 is 1. The molecule has 132 valence electrons. The number of hydrogen-bond donors (Lipinski definition) is 2. The van der Waals surface area contributed by atoms with E-state index < -0.39 is 0 Å². The highest BCUT2D eigenvalue weighted by atomic mass is 127. The number of nitrogens with one attached hydrogen (secondary N) is 2. The van der Waals surface area contributed by atoms with E-state index in [1.54, 1.807) is 20.4 Å². The van der Waals surface area contributed by atoms with Gasteiger partial charge in [0.25, 0.3) is 0 Å². The summed E-state index contributed by atoms with van der Waals surface area (Å²) in [5.41, 5.74) is 1.12. The second kappa shape index (κ2) is 13.4. The van der Waals surface area contributed by atoms with Gasteiger partial charge in [0.15, 0.2) is 5.96 Å². The minimum absolute atomic E-state index is 0. The number of rotatable bonds is 9. The Bertz CT molecular complexity index is 454. The van der Waals surface area contributed by atoms with Crippen LogP contribution in [0.15, 0.2) is 23.3 Å². The minimum atomic E-state index is 0. The summed E-state index contributed by atoms with van der Waals surface area (Å²) in [4.78, 5) is 8.39. The summed E-state index contributed by atoms with van der Waals surface area (Å²) in [5.74, 6) is 2.18. The van der Waals surface area contributed by atoms with Crippen LogP contribution in [-0.2, 0) is 6.54 Å². The number of aromatic nitrogens is 1. The Morgan fingerprint density at radius 3 is 2.74 bits per heavy atom. The fraction of sp³-hybridized carbons (Fsp3) is 0.647.